The fraction of sp³-hybridized carbons (Fsp3) is 0.500. The number of likely N-dealkylation sites (N-methyl/N-ethyl adjacent to an activating group) is 2. The second kappa shape index (κ2) is 8.28. The molecule has 1 aromatic rings. The van der Waals surface area contributed by atoms with Crippen molar-refractivity contribution in [3.05, 3.63) is 24.2 Å². The Balaban J connectivity index is 2.18. The lowest BCUT2D eigenvalue weighted by atomic mass is 10.4. The summed E-state index contributed by atoms with van der Waals surface area (Å²) < 4.78 is 5.06. The maximum absolute atomic E-state index is 11.5. The van der Waals surface area contributed by atoms with Gasteiger partial charge in [0.15, 0.2) is 0 Å². The van der Waals surface area contributed by atoms with Crippen LogP contribution in [0.15, 0.2) is 22.8 Å². The highest BCUT2D eigenvalue weighted by Gasteiger charge is 2.10. The Morgan fingerprint density at radius 1 is 1.42 bits per heavy atom. The van der Waals surface area contributed by atoms with Gasteiger partial charge in [0.2, 0.25) is 5.91 Å². The van der Waals surface area contributed by atoms with E-state index in [-0.39, 0.29) is 19.0 Å². The van der Waals surface area contributed by atoms with Crippen molar-refractivity contribution in [2.75, 3.05) is 33.7 Å². The van der Waals surface area contributed by atoms with Gasteiger partial charge in [-0.25, -0.2) is 4.79 Å². The van der Waals surface area contributed by atoms with Gasteiger partial charge in [-0.3, -0.25) is 15.0 Å². The molecule has 0 spiro atoms. The molecule has 7 nitrogen and oxygen atoms in total. The second-order valence-corrected chi connectivity index (χ2v) is 4.15. The molecule has 19 heavy (non-hydrogen) atoms. The first kappa shape index (κ1) is 15.2. The van der Waals surface area contributed by atoms with E-state index in [9.17, 15) is 9.59 Å². The molecule has 1 rings (SSSR count). The van der Waals surface area contributed by atoms with Gasteiger partial charge in [-0.2, -0.15) is 0 Å². The van der Waals surface area contributed by atoms with Crippen LogP contribution < -0.4 is 16.0 Å². The molecule has 3 N–H and O–H groups in total. The molecule has 0 atom stereocenters. The minimum absolute atomic E-state index is 0.176. The third-order valence-corrected chi connectivity index (χ3v) is 2.41. The Morgan fingerprint density at radius 3 is 2.84 bits per heavy atom. The van der Waals surface area contributed by atoms with Gasteiger partial charge in [0, 0.05) is 13.1 Å². The summed E-state index contributed by atoms with van der Waals surface area (Å²) in [6.45, 7) is 1.95. The van der Waals surface area contributed by atoms with Gasteiger partial charge in [-0.1, -0.05) is 0 Å². The molecule has 0 aliphatic rings. The molecule has 0 saturated carbocycles. The molecular weight excluding hydrogens is 248 g/mol. The van der Waals surface area contributed by atoms with Crippen LogP contribution in [0.25, 0.3) is 0 Å². The van der Waals surface area contributed by atoms with Crippen molar-refractivity contribution in [1.82, 2.24) is 20.9 Å². The maximum atomic E-state index is 11.5. The third-order valence-electron chi connectivity index (χ3n) is 2.41. The molecule has 106 valence electrons. The average Bonchev–Trinajstić information content (AvgIpc) is 2.86. The fourth-order valence-electron chi connectivity index (χ4n) is 1.42. The van der Waals surface area contributed by atoms with E-state index in [1.807, 2.05) is 19.0 Å². The lowest BCUT2D eigenvalue weighted by Crippen LogP contribution is -2.44. The summed E-state index contributed by atoms with van der Waals surface area (Å²) in [5.74, 6) is 0.296. The summed E-state index contributed by atoms with van der Waals surface area (Å²) in [5.41, 5.74) is 0. The molecule has 0 fully saturated rings. The van der Waals surface area contributed by atoms with Crippen molar-refractivity contribution in [2.24, 2.45) is 0 Å². The van der Waals surface area contributed by atoms with Crippen molar-refractivity contribution in [3.8, 4) is 0 Å². The predicted molar refractivity (Wildman–Crippen MR) is 70.5 cm³/mol. The lowest BCUT2D eigenvalue weighted by Gasteiger charge is -2.15. The Bertz CT molecular complexity index is 392. The van der Waals surface area contributed by atoms with Crippen LogP contribution in [0.5, 0.6) is 0 Å². The van der Waals surface area contributed by atoms with Crippen LogP contribution in [0, 0.1) is 0 Å². The van der Waals surface area contributed by atoms with E-state index in [0.29, 0.717) is 5.76 Å². The number of hydrogen-bond acceptors (Lipinski definition) is 5. The normalized spacial score (nSPS) is 10.5. The molecule has 0 aromatic carbocycles. The van der Waals surface area contributed by atoms with Crippen LogP contribution in [0.4, 0.5) is 4.79 Å². The zero-order chi connectivity index (χ0) is 14.1. The molecule has 0 saturated heterocycles. The smallest absolute Gasteiger partial charge is 0.321 e. The average molecular weight is 268 g/mol. The summed E-state index contributed by atoms with van der Waals surface area (Å²) in [7, 11) is 3.66. The molecule has 1 heterocycles. The second-order valence-electron chi connectivity index (χ2n) is 4.15. The van der Waals surface area contributed by atoms with Crippen molar-refractivity contribution in [2.45, 2.75) is 6.54 Å². The Kier molecular flexibility index (Phi) is 6.62. The molecular formula is C12H20N4O3. The molecule has 1 aromatic heterocycles. The first-order chi connectivity index (χ1) is 9.11. The van der Waals surface area contributed by atoms with Gasteiger partial charge < -0.3 is 15.1 Å². The monoisotopic (exact) mass is 268 g/mol. The quantitative estimate of drug-likeness (QED) is 0.635. The number of imide groups is 1. The standard InChI is InChI=1S/C12H20N4O3/c1-13-5-6-16(2)9-11(17)15-12(18)14-8-10-4-3-7-19-10/h3-4,7,13H,5-6,8-9H2,1-2H3,(H2,14,15,17,18). The minimum Gasteiger partial charge on any atom is -0.467 e. The summed E-state index contributed by atoms with van der Waals surface area (Å²) in [6, 6.07) is 2.95. The number of hydrogen-bond donors (Lipinski definition) is 3. The largest absolute Gasteiger partial charge is 0.467 e. The van der Waals surface area contributed by atoms with Gasteiger partial charge in [0.1, 0.15) is 5.76 Å². The molecule has 0 bridgehead atoms. The number of carbonyl (C=O) groups excluding carboxylic acids is 2. The van der Waals surface area contributed by atoms with Crippen LogP contribution in [-0.2, 0) is 11.3 Å². The van der Waals surface area contributed by atoms with E-state index in [2.05, 4.69) is 16.0 Å². The summed E-state index contributed by atoms with van der Waals surface area (Å²) in [5, 5.41) is 7.78. The Hall–Kier alpha value is -1.86. The number of rotatable bonds is 7. The van der Waals surface area contributed by atoms with Gasteiger partial charge >= 0.3 is 6.03 Å². The highest BCUT2D eigenvalue weighted by molar-refractivity contribution is 5.95. The van der Waals surface area contributed by atoms with E-state index < -0.39 is 6.03 Å². The number of nitrogens with one attached hydrogen (secondary N) is 3. The molecule has 0 radical (unpaired) electrons. The number of carbonyl (C=O) groups is 2. The van der Waals surface area contributed by atoms with E-state index >= 15 is 0 Å². The van der Waals surface area contributed by atoms with E-state index in [1.165, 1.54) is 6.26 Å². The van der Waals surface area contributed by atoms with Crippen molar-refractivity contribution in [3.63, 3.8) is 0 Å². The molecule has 7 heteroatoms. The van der Waals surface area contributed by atoms with E-state index in [0.717, 1.165) is 13.1 Å². The van der Waals surface area contributed by atoms with Gasteiger partial charge in [-0.15, -0.1) is 0 Å². The molecule has 3 amide bonds. The first-order valence-corrected chi connectivity index (χ1v) is 6.05. The predicted octanol–water partition coefficient (Wildman–Crippen LogP) is -0.243. The van der Waals surface area contributed by atoms with E-state index in [4.69, 9.17) is 4.42 Å². The first-order valence-electron chi connectivity index (χ1n) is 6.05. The van der Waals surface area contributed by atoms with Crippen LogP contribution >= 0.6 is 0 Å². The van der Waals surface area contributed by atoms with Crippen molar-refractivity contribution >= 4 is 11.9 Å². The molecule has 0 aliphatic heterocycles. The number of urea groups is 1. The topological polar surface area (TPSA) is 86.6 Å². The zero-order valence-electron chi connectivity index (χ0n) is 11.2. The minimum atomic E-state index is -0.525. The Labute approximate surface area is 112 Å². The van der Waals surface area contributed by atoms with Crippen LogP contribution in [0.2, 0.25) is 0 Å². The Morgan fingerprint density at radius 2 is 2.21 bits per heavy atom. The SMILES string of the molecule is CNCCN(C)CC(=O)NC(=O)NCc1ccco1. The number of nitrogens with zero attached hydrogens (tertiary/aromatic N) is 1. The summed E-state index contributed by atoms with van der Waals surface area (Å²) >= 11 is 0. The molecule has 0 aliphatic carbocycles. The molecule has 0 unspecified atom stereocenters. The summed E-state index contributed by atoms with van der Waals surface area (Å²) in [4.78, 5) is 24.8. The van der Waals surface area contributed by atoms with Gasteiger partial charge in [-0.05, 0) is 26.2 Å². The fourth-order valence-corrected chi connectivity index (χ4v) is 1.42. The summed E-state index contributed by atoms with van der Waals surface area (Å²) in [6.07, 6.45) is 1.52. The third kappa shape index (κ3) is 6.58. The van der Waals surface area contributed by atoms with Crippen LogP contribution in [0.1, 0.15) is 5.76 Å². The highest BCUT2D eigenvalue weighted by Crippen LogP contribution is 1.97. The number of amides is 3. The van der Waals surface area contributed by atoms with Gasteiger partial charge in [0.05, 0.1) is 19.4 Å². The lowest BCUT2D eigenvalue weighted by molar-refractivity contribution is -0.120. The van der Waals surface area contributed by atoms with Gasteiger partial charge in [0.25, 0.3) is 0 Å². The van der Waals surface area contributed by atoms with E-state index in [1.54, 1.807) is 12.1 Å². The van der Waals surface area contributed by atoms with Crippen molar-refractivity contribution < 1.29 is 14.0 Å². The zero-order valence-corrected chi connectivity index (χ0v) is 11.2. The van der Waals surface area contributed by atoms with Crippen molar-refractivity contribution in [1.29, 1.82) is 0 Å². The number of furan rings is 1. The highest BCUT2D eigenvalue weighted by atomic mass is 16.3. The van der Waals surface area contributed by atoms with Crippen LogP contribution in [-0.4, -0.2) is 50.6 Å². The maximum Gasteiger partial charge on any atom is 0.321 e. The van der Waals surface area contributed by atoms with Crippen LogP contribution in [0.3, 0.4) is 0 Å².